The molecule has 6 atom stereocenters. The lowest BCUT2D eigenvalue weighted by Crippen LogP contribution is -2.56. The number of rotatable bonds is 10. The molecule has 4 aliphatic heterocycles. The number of nitrogens with zero attached hydrogens (tertiary/aromatic N) is 4. The number of nitro benzene ring substituents is 1. The highest BCUT2D eigenvalue weighted by atomic mass is 16.6. The summed E-state index contributed by atoms with van der Waals surface area (Å²) in [6.07, 6.45) is 6.69. The van der Waals surface area contributed by atoms with Crippen LogP contribution < -0.4 is 9.64 Å². The smallest absolute Gasteiger partial charge is 0.421 e. The number of ether oxygens (including phenoxy) is 3. The van der Waals surface area contributed by atoms with Crippen molar-refractivity contribution in [2.45, 2.75) is 112 Å². The first kappa shape index (κ1) is 50.2. The Morgan fingerprint density at radius 3 is 2.08 bits per heavy atom. The van der Waals surface area contributed by atoms with Gasteiger partial charge in [-0.1, -0.05) is 123 Å². The number of amides is 3. The van der Waals surface area contributed by atoms with Gasteiger partial charge in [0.25, 0.3) is 5.69 Å². The van der Waals surface area contributed by atoms with Crippen molar-refractivity contribution < 1.29 is 48.5 Å². The highest BCUT2D eigenvalue weighted by Crippen LogP contribution is 2.67. The average Bonchev–Trinajstić information content (AvgIpc) is 3.75. The molecule has 5 aromatic rings. The van der Waals surface area contributed by atoms with Crippen LogP contribution in [-0.2, 0) is 35.9 Å². The van der Waals surface area contributed by atoms with Gasteiger partial charge in [-0.3, -0.25) is 29.4 Å². The van der Waals surface area contributed by atoms with Gasteiger partial charge in [0.2, 0.25) is 11.8 Å². The normalized spacial score (nSPS) is 24.5. The van der Waals surface area contributed by atoms with E-state index < -0.39 is 70.0 Å². The summed E-state index contributed by atoms with van der Waals surface area (Å²) in [6.45, 7) is -0.0875. The van der Waals surface area contributed by atoms with Crippen LogP contribution in [0.1, 0.15) is 122 Å². The number of nitro groups is 1. The summed E-state index contributed by atoms with van der Waals surface area (Å²) < 4.78 is 19.0. The second-order valence-corrected chi connectivity index (χ2v) is 20.0. The number of esters is 1. The van der Waals surface area contributed by atoms with Gasteiger partial charge in [-0.05, 0) is 97.2 Å². The molecule has 5 aliphatic rings. The minimum atomic E-state index is -2.13. The second-order valence-electron chi connectivity index (χ2n) is 20.0. The molecule has 1 aliphatic carbocycles. The van der Waals surface area contributed by atoms with E-state index in [-0.39, 0.29) is 42.5 Å². The molecule has 3 amide bonds. The van der Waals surface area contributed by atoms with Crippen molar-refractivity contribution in [1.29, 1.82) is 0 Å². The number of morpholine rings is 1. The van der Waals surface area contributed by atoms with Crippen LogP contribution >= 0.6 is 0 Å². The lowest BCUT2D eigenvalue weighted by molar-refractivity contribution is -0.384. The first-order valence-corrected chi connectivity index (χ1v) is 25.9. The molecular formula is C59H60N4O11. The number of aliphatic hydroxyl groups excluding tert-OH is 1. The zero-order valence-electron chi connectivity index (χ0n) is 41.2. The lowest BCUT2D eigenvalue weighted by atomic mass is 9.64. The number of imide groups is 1. The number of fused-ring (bicyclic) bond motifs is 3. The Bertz CT molecular complexity index is 2940. The lowest BCUT2D eigenvalue weighted by Gasteiger charge is -2.46. The van der Waals surface area contributed by atoms with Gasteiger partial charge >= 0.3 is 12.1 Å². The maximum absolute atomic E-state index is 16.9. The molecule has 0 radical (unpaired) electrons. The fourth-order valence-electron chi connectivity index (χ4n) is 12.1. The molecule has 4 heterocycles. The zero-order valence-corrected chi connectivity index (χ0v) is 41.2. The number of carbonyl (C=O) groups excluding carboxylic acids is 4. The van der Waals surface area contributed by atoms with Gasteiger partial charge in [0, 0.05) is 36.3 Å². The maximum atomic E-state index is 16.9. The summed E-state index contributed by atoms with van der Waals surface area (Å²) in [6, 6.07) is 32.9. The molecule has 10 rings (SSSR count). The highest BCUT2D eigenvalue weighted by Gasteiger charge is 2.76. The summed E-state index contributed by atoms with van der Waals surface area (Å²) in [7, 11) is 0. The Labute approximate surface area is 430 Å². The molecule has 382 valence electrons. The Morgan fingerprint density at radius 2 is 1.41 bits per heavy atom. The maximum Gasteiger partial charge on any atom is 0.421 e. The van der Waals surface area contributed by atoms with Crippen LogP contribution in [0.25, 0.3) is 0 Å². The molecule has 3 saturated heterocycles. The molecule has 2 N–H and O–H groups in total. The van der Waals surface area contributed by atoms with Gasteiger partial charge in [0.15, 0.2) is 0 Å². The standard InChI is InChI=1S/C59H60N4O11/c64-36-37-72-48-23-13-12-22-45(48)53-59(49(54(65)60-34-16-4-1-5-17-35-60)51-55(66)74-52(43-20-10-7-11-21-43)50(62(51)53)42-18-8-6-9-19-42)46-38-40(30-33-58(69)31-14-2-3-15-32-58)26-29-47(46)61(56(59)67)57(68)73-39-41-24-27-44(28-25-41)63(70)71/h6-13,18-29,38,49-53,64,69H,1-5,14-17,31-32,34-37,39H2/t49-,50-,51-,52+,53+,59-/m1/s1. The van der Waals surface area contributed by atoms with E-state index in [1.165, 1.54) is 24.3 Å². The largest absolute Gasteiger partial charge is 0.491 e. The van der Waals surface area contributed by atoms with Gasteiger partial charge in [-0.15, -0.1) is 0 Å². The number of anilines is 1. The van der Waals surface area contributed by atoms with Crippen LogP contribution in [0.4, 0.5) is 16.2 Å². The number of non-ortho nitro benzene ring substituents is 1. The van der Waals surface area contributed by atoms with Crippen molar-refractivity contribution >= 4 is 35.3 Å². The molecule has 1 spiro atoms. The number of aliphatic hydroxyl groups is 2. The van der Waals surface area contributed by atoms with Crippen molar-refractivity contribution in [1.82, 2.24) is 9.80 Å². The van der Waals surface area contributed by atoms with E-state index in [1.54, 1.807) is 47.4 Å². The summed E-state index contributed by atoms with van der Waals surface area (Å²) in [5, 5.41) is 33.5. The Hall–Kier alpha value is -7.38. The Morgan fingerprint density at radius 1 is 0.770 bits per heavy atom. The monoisotopic (exact) mass is 1000 g/mol. The van der Waals surface area contributed by atoms with Crippen LogP contribution in [0.5, 0.6) is 5.75 Å². The van der Waals surface area contributed by atoms with Crippen LogP contribution in [0, 0.1) is 27.9 Å². The first-order chi connectivity index (χ1) is 36.0. The van der Waals surface area contributed by atoms with E-state index in [4.69, 9.17) is 14.2 Å². The number of hydrogen-bond acceptors (Lipinski definition) is 12. The van der Waals surface area contributed by atoms with Crippen LogP contribution in [0.15, 0.2) is 127 Å². The molecule has 0 unspecified atom stereocenters. The quantitative estimate of drug-likeness (QED) is 0.0444. The van der Waals surface area contributed by atoms with Crippen molar-refractivity contribution in [2.75, 3.05) is 31.2 Å². The van der Waals surface area contributed by atoms with Gasteiger partial charge in [-0.25, -0.2) is 9.69 Å². The number of likely N-dealkylation sites (tertiary alicyclic amines) is 1. The highest BCUT2D eigenvalue weighted by molar-refractivity contribution is 6.23. The van der Waals surface area contributed by atoms with Gasteiger partial charge < -0.3 is 29.3 Å². The fraction of sp³-hybridized carbons (Fsp3) is 0.390. The van der Waals surface area contributed by atoms with Crippen LogP contribution in [0.2, 0.25) is 0 Å². The Balaban J connectivity index is 1.25. The van der Waals surface area contributed by atoms with E-state index in [0.717, 1.165) is 55.4 Å². The molecule has 1 saturated carbocycles. The molecule has 4 fully saturated rings. The van der Waals surface area contributed by atoms with E-state index in [2.05, 4.69) is 11.8 Å². The van der Waals surface area contributed by atoms with Crippen molar-refractivity contribution in [3.63, 3.8) is 0 Å². The van der Waals surface area contributed by atoms with E-state index in [1.807, 2.05) is 65.6 Å². The summed E-state index contributed by atoms with van der Waals surface area (Å²) in [4.78, 5) is 79.7. The van der Waals surface area contributed by atoms with Crippen LogP contribution in [-0.4, -0.2) is 86.8 Å². The predicted octanol–water partition coefficient (Wildman–Crippen LogP) is 9.20. The van der Waals surface area contributed by atoms with Crippen molar-refractivity contribution in [3.05, 3.63) is 171 Å². The first-order valence-electron chi connectivity index (χ1n) is 25.9. The predicted molar refractivity (Wildman–Crippen MR) is 273 cm³/mol. The molecule has 5 aromatic carbocycles. The fourth-order valence-corrected chi connectivity index (χ4v) is 12.1. The molecule has 15 nitrogen and oxygen atoms in total. The third-order valence-electron chi connectivity index (χ3n) is 15.5. The third kappa shape index (κ3) is 9.42. The zero-order chi connectivity index (χ0) is 51.4. The average molecular weight is 1000 g/mol. The molecule has 15 heteroatoms. The second kappa shape index (κ2) is 21.6. The summed E-state index contributed by atoms with van der Waals surface area (Å²) >= 11 is 0. The number of cyclic esters (lactones) is 1. The molecular weight excluding hydrogens is 941 g/mol. The topological polar surface area (TPSA) is 189 Å². The van der Waals surface area contributed by atoms with E-state index >= 15 is 19.2 Å². The number of hydrogen-bond donors (Lipinski definition) is 2. The van der Waals surface area contributed by atoms with E-state index in [9.17, 15) is 20.3 Å². The van der Waals surface area contributed by atoms with Crippen molar-refractivity contribution in [3.8, 4) is 17.6 Å². The number of carbonyl (C=O) groups is 4. The summed E-state index contributed by atoms with van der Waals surface area (Å²) in [5.41, 5.74) is -0.544. The number of para-hydroxylation sites is 1. The molecule has 74 heavy (non-hydrogen) atoms. The minimum absolute atomic E-state index is 0.107. The Kier molecular flexibility index (Phi) is 14.6. The van der Waals surface area contributed by atoms with Gasteiger partial charge in [-0.2, -0.15) is 0 Å². The molecule has 0 bridgehead atoms. The van der Waals surface area contributed by atoms with E-state index in [0.29, 0.717) is 61.0 Å². The van der Waals surface area contributed by atoms with Gasteiger partial charge in [0.1, 0.15) is 42.1 Å². The summed E-state index contributed by atoms with van der Waals surface area (Å²) in [5.74, 6) is 3.16. The third-order valence-corrected chi connectivity index (χ3v) is 15.5. The minimum Gasteiger partial charge on any atom is -0.491 e. The SMILES string of the molecule is O=C1O[C@@H](c2ccccc2)[C@@H](c2ccccc2)N2[C@@H](c3ccccc3OCCO)[C@]3(C(=O)N(C(=O)OCc4ccc([N+](=O)[O-])cc4)c4ccc(C#CC5(O)CCCCCC5)cc43)[C@@H](C(=O)N3CCCCCCC3)[C@H]12. The molecule has 0 aromatic heterocycles. The van der Waals surface area contributed by atoms with Gasteiger partial charge in [0.05, 0.1) is 35.2 Å². The van der Waals surface area contributed by atoms with Crippen molar-refractivity contribution in [2.24, 2.45) is 5.92 Å². The number of benzene rings is 5. The van der Waals surface area contributed by atoms with Crippen LogP contribution in [0.3, 0.4) is 0 Å².